The molecule has 0 radical (unpaired) electrons. The van der Waals surface area contributed by atoms with E-state index in [1.165, 1.54) is 6.07 Å². The monoisotopic (exact) mass is 211 g/mol. The maximum absolute atomic E-state index is 13.6. The summed E-state index contributed by atoms with van der Waals surface area (Å²) in [5.41, 5.74) is 1.24. The van der Waals surface area contributed by atoms with Gasteiger partial charge in [-0.25, -0.2) is 4.39 Å². The normalized spacial score (nSPS) is 10.4. The van der Waals surface area contributed by atoms with Crippen LogP contribution < -0.4 is 4.90 Å². The second-order valence-corrected chi connectivity index (χ2v) is 3.52. The molecule has 15 heavy (non-hydrogen) atoms. The van der Waals surface area contributed by atoms with Gasteiger partial charge in [0.1, 0.15) is 5.82 Å². The average Bonchev–Trinajstić information content (AvgIpc) is 2.26. The molecule has 0 amide bonds. The second-order valence-electron chi connectivity index (χ2n) is 3.52. The molecule has 2 nitrogen and oxygen atoms in total. The molecule has 0 spiro atoms. The van der Waals surface area contributed by atoms with E-state index in [2.05, 4.69) is 6.92 Å². The molecule has 1 N–H and O–H groups in total. The smallest absolute Gasteiger partial charge is 0.146 e. The van der Waals surface area contributed by atoms with E-state index < -0.39 is 0 Å². The first-order valence-electron chi connectivity index (χ1n) is 5.37. The van der Waals surface area contributed by atoms with Crippen molar-refractivity contribution in [3.8, 4) is 0 Å². The van der Waals surface area contributed by atoms with Crippen LogP contribution in [0.1, 0.15) is 25.8 Å². The molecule has 3 heteroatoms. The van der Waals surface area contributed by atoms with Crippen LogP contribution in [0.15, 0.2) is 18.2 Å². The van der Waals surface area contributed by atoms with Crippen LogP contribution in [0.25, 0.3) is 0 Å². The van der Waals surface area contributed by atoms with Crippen LogP contribution in [0.4, 0.5) is 10.1 Å². The van der Waals surface area contributed by atoms with Gasteiger partial charge in [0.15, 0.2) is 0 Å². The van der Waals surface area contributed by atoms with Crippen molar-refractivity contribution in [1.82, 2.24) is 0 Å². The van der Waals surface area contributed by atoms with Crippen molar-refractivity contribution in [3.05, 3.63) is 29.6 Å². The number of nitrogens with zero attached hydrogens (tertiary/aromatic N) is 1. The Kier molecular flexibility index (Phi) is 4.56. The van der Waals surface area contributed by atoms with Crippen LogP contribution in [-0.2, 0) is 6.61 Å². The largest absolute Gasteiger partial charge is 0.392 e. The number of aliphatic hydroxyl groups excluding tert-OH is 1. The molecule has 0 aliphatic rings. The number of halogens is 1. The van der Waals surface area contributed by atoms with Crippen molar-refractivity contribution in [1.29, 1.82) is 0 Å². The summed E-state index contributed by atoms with van der Waals surface area (Å²) in [6.45, 7) is 5.62. The fourth-order valence-corrected chi connectivity index (χ4v) is 1.62. The zero-order chi connectivity index (χ0) is 11.3. The van der Waals surface area contributed by atoms with Crippen LogP contribution in [0.5, 0.6) is 0 Å². The van der Waals surface area contributed by atoms with Gasteiger partial charge in [0, 0.05) is 13.1 Å². The van der Waals surface area contributed by atoms with Gasteiger partial charge in [0.05, 0.1) is 12.3 Å². The highest BCUT2D eigenvalue weighted by Crippen LogP contribution is 2.20. The minimum Gasteiger partial charge on any atom is -0.392 e. The third-order valence-electron chi connectivity index (χ3n) is 2.41. The predicted molar refractivity (Wildman–Crippen MR) is 60.5 cm³/mol. The molecule has 0 aliphatic carbocycles. The van der Waals surface area contributed by atoms with Crippen molar-refractivity contribution in [2.45, 2.75) is 26.9 Å². The molecular weight excluding hydrogens is 193 g/mol. The minimum absolute atomic E-state index is 0.114. The van der Waals surface area contributed by atoms with Crippen molar-refractivity contribution in [2.24, 2.45) is 0 Å². The number of aliphatic hydroxyl groups is 1. The van der Waals surface area contributed by atoms with Crippen molar-refractivity contribution >= 4 is 5.69 Å². The number of rotatable bonds is 5. The lowest BCUT2D eigenvalue weighted by Gasteiger charge is -2.23. The Balaban J connectivity index is 2.92. The number of hydrogen-bond acceptors (Lipinski definition) is 2. The van der Waals surface area contributed by atoms with Gasteiger partial charge in [-0.05, 0) is 31.0 Å². The summed E-state index contributed by atoms with van der Waals surface area (Å²) in [6.07, 6.45) is 0.995. The van der Waals surface area contributed by atoms with Crippen LogP contribution in [0.3, 0.4) is 0 Å². The van der Waals surface area contributed by atoms with E-state index in [-0.39, 0.29) is 12.4 Å². The molecular formula is C12H18FNO. The highest BCUT2D eigenvalue weighted by atomic mass is 19.1. The summed E-state index contributed by atoms with van der Waals surface area (Å²) in [4.78, 5) is 2.00. The molecule has 84 valence electrons. The van der Waals surface area contributed by atoms with E-state index in [9.17, 15) is 4.39 Å². The number of anilines is 1. The Labute approximate surface area is 90.3 Å². The van der Waals surface area contributed by atoms with E-state index in [0.717, 1.165) is 19.5 Å². The number of hydrogen-bond donors (Lipinski definition) is 1. The quantitative estimate of drug-likeness (QED) is 0.809. The first-order valence-corrected chi connectivity index (χ1v) is 5.37. The summed E-state index contributed by atoms with van der Waals surface area (Å²) >= 11 is 0. The first-order chi connectivity index (χ1) is 7.22. The molecule has 0 unspecified atom stereocenters. The highest BCUT2D eigenvalue weighted by Gasteiger charge is 2.09. The van der Waals surface area contributed by atoms with Crippen molar-refractivity contribution < 1.29 is 9.50 Å². The fraction of sp³-hybridized carbons (Fsp3) is 0.500. The molecule has 0 saturated heterocycles. The van der Waals surface area contributed by atoms with Crippen LogP contribution in [0, 0.1) is 5.82 Å². The maximum atomic E-state index is 13.6. The van der Waals surface area contributed by atoms with Gasteiger partial charge < -0.3 is 10.0 Å². The summed E-state index contributed by atoms with van der Waals surface area (Å²) in [5.74, 6) is -0.253. The summed E-state index contributed by atoms with van der Waals surface area (Å²) < 4.78 is 13.6. The van der Waals surface area contributed by atoms with Crippen LogP contribution >= 0.6 is 0 Å². The molecule has 0 fully saturated rings. The fourth-order valence-electron chi connectivity index (χ4n) is 1.62. The molecule has 1 aromatic carbocycles. The second kappa shape index (κ2) is 5.71. The average molecular weight is 211 g/mol. The lowest BCUT2D eigenvalue weighted by molar-refractivity contribution is 0.281. The standard InChI is InChI=1S/C12H18FNO/c1-3-7-14(4-2)12-6-5-10(9-15)8-11(12)13/h5-6,8,15H,3-4,7,9H2,1-2H3. The van der Waals surface area contributed by atoms with E-state index in [1.807, 2.05) is 11.8 Å². The topological polar surface area (TPSA) is 23.5 Å². The molecule has 0 atom stereocenters. The maximum Gasteiger partial charge on any atom is 0.146 e. The Bertz CT molecular complexity index is 314. The van der Waals surface area contributed by atoms with Gasteiger partial charge in [-0.2, -0.15) is 0 Å². The third-order valence-corrected chi connectivity index (χ3v) is 2.41. The molecule has 0 aliphatic heterocycles. The molecule has 0 heterocycles. The third kappa shape index (κ3) is 2.93. The van der Waals surface area contributed by atoms with Gasteiger partial charge in [-0.3, -0.25) is 0 Å². The van der Waals surface area contributed by atoms with Gasteiger partial charge in [0.25, 0.3) is 0 Å². The number of benzene rings is 1. The van der Waals surface area contributed by atoms with E-state index >= 15 is 0 Å². The van der Waals surface area contributed by atoms with Crippen molar-refractivity contribution in [2.75, 3.05) is 18.0 Å². The lowest BCUT2D eigenvalue weighted by Crippen LogP contribution is -2.24. The summed E-state index contributed by atoms with van der Waals surface area (Å²) in [7, 11) is 0. The molecule has 0 saturated carbocycles. The predicted octanol–water partition coefficient (Wildman–Crippen LogP) is 2.55. The lowest BCUT2D eigenvalue weighted by atomic mass is 10.2. The van der Waals surface area contributed by atoms with Crippen molar-refractivity contribution in [3.63, 3.8) is 0 Å². The van der Waals surface area contributed by atoms with Crippen LogP contribution in [-0.4, -0.2) is 18.2 Å². The Morgan fingerprint density at radius 2 is 2.07 bits per heavy atom. The zero-order valence-corrected chi connectivity index (χ0v) is 9.33. The Hall–Kier alpha value is -1.09. The van der Waals surface area contributed by atoms with Crippen LogP contribution in [0.2, 0.25) is 0 Å². The zero-order valence-electron chi connectivity index (χ0n) is 9.33. The Morgan fingerprint density at radius 3 is 2.53 bits per heavy atom. The van der Waals surface area contributed by atoms with Gasteiger partial charge in [0.2, 0.25) is 0 Å². The minimum atomic E-state index is -0.253. The SMILES string of the molecule is CCCN(CC)c1ccc(CO)cc1F. The summed E-state index contributed by atoms with van der Waals surface area (Å²) in [5, 5.41) is 8.87. The summed E-state index contributed by atoms with van der Waals surface area (Å²) in [6, 6.07) is 4.89. The van der Waals surface area contributed by atoms with Gasteiger partial charge >= 0.3 is 0 Å². The first kappa shape index (κ1) is 12.0. The van der Waals surface area contributed by atoms with E-state index in [1.54, 1.807) is 12.1 Å². The van der Waals surface area contributed by atoms with E-state index in [4.69, 9.17) is 5.11 Å². The van der Waals surface area contributed by atoms with Gasteiger partial charge in [-0.1, -0.05) is 13.0 Å². The molecule has 0 bridgehead atoms. The van der Waals surface area contributed by atoms with Gasteiger partial charge in [-0.15, -0.1) is 0 Å². The Morgan fingerprint density at radius 1 is 1.33 bits per heavy atom. The molecule has 1 rings (SSSR count). The molecule has 0 aromatic heterocycles. The van der Waals surface area contributed by atoms with E-state index in [0.29, 0.717) is 11.3 Å². The molecule has 1 aromatic rings. The highest BCUT2D eigenvalue weighted by molar-refractivity contribution is 5.49.